The molecule has 0 unspecified atom stereocenters. The number of rotatable bonds is 1. The number of hydrogen-bond acceptors (Lipinski definition) is 4. The molecule has 1 aromatic rings. The van der Waals surface area contributed by atoms with Gasteiger partial charge >= 0.3 is 6.03 Å². The maximum atomic E-state index is 12.6. The standard InChI is InChI=1S/C18H16N2O4.C2H6/c1-4-7-11-10-13(12-8-5-6-9-14(12)24-11)15-16(21)19(2)18(23)20(3)17(15)22;1-2/h4-10H,1-3H3;1-2H3/b7-4+;. The number of nitrogens with zero attached hydrogens (tertiary/aromatic N) is 2. The van der Waals surface area contributed by atoms with Crippen molar-refractivity contribution in [3.63, 3.8) is 0 Å². The van der Waals surface area contributed by atoms with Gasteiger partial charge in [-0.1, -0.05) is 38.1 Å². The third-order valence-corrected chi connectivity index (χ3v) is 3.90. The second kappa shape index (κ2) is 7.82. The summed E-state index contributed by atoms with van der Waals surface area (Å²) in [5, 5.41) is 0. The number of barbiturate groups is 1. The SMILES string of the molecule is C/C=C/C1=CC(=C2C(=O)N(C)C(=O)N(C)C2=O)c2ccccc2O1.CC. The van der Waals surface area contributed by atoms with Crippen molar-refractivity contribution in [3.05, 3.63) is 59.4 Å². The molecule has 26 heavy (non-hydrogen) atoms. The number of urea groups is 1. The predicted molar refractivity (Wildman–Crippen MR) is 99.2 cm³/mol. The lowest BCUT2D eigenvalue weighted by atomic mass is 9.94. The summed E-state index contributed by atoms with van der Waals surface area (Å²) < 4.78 is 5.76. The Morgan fingerprint density at radius 1 is 0.962 bits per heavy atom. The summed E-state index contributed by atoms with van der Waals surface area (Å²) in [5.74, 6) is -0.170. The van der Waals surface area contributed by atoms with Gasteiger partial charge in [-0.3, -0.25) is 19.4 Å². The van der Waals surface area contributed by atoms with Gasteiger partial charge in [-0.25, -0.2) is 4.79 Å². The van der Waals surface area contributed by atoms with Crippen molar-refractivity contribution in [1.29, 1.82) is 0 Å². The number of allylic oxidation sites excluding steroid dienone is 4. The van der Waals surface area contributed by atoms with Crippen LogP contribution in [0.2, 0.25) is 0 Å². The zero-order chi connectivity index (χ0) is 19.4. The van der Waals surface area contributed by atoms with Crippen LogP contribution in [0.15, 0.2) is 53.8 Å². The van der Waals surface area contributed by atoms with Gasteiger partial charge in [0, 0.05) is 25.2 Å². The van der Waals surface area contributed by atoms with Gasteiger partial charge in [0.15, 0.2) is 0 Å². The second-order valence-corrected chi connectivity index (χ2v) is 5.44. The van der Waals surface area contributed by atoms with Crippen molar-refractivity contribution < 1.29 is 19.1 Å². The maximum absolute atomic E-state index is 12.6. The van der Waals surface area contributed by atoms with Gasteiger partial charge in [0.25, 0.3) is 11.8 Å². The van der Waals surface area contributed by atoms with Crippen molar-refractivity contribution in [1.82, 2.24) is 9.80 Å². The number of para-hydroxylation sites is 1. The molecule has 1 saturated heterocycles. The molecule has 4 amide bonds. The third-order valence-electron chi connectivity index (χ3n) is 3.90. The molecular formula is C20H22N2O4. The van der Waals surface area contributed by atoms with E-state index >= 15 is 0 Å². The average Bonchev–Trinajstić information content (AvgIpc) is 2.67. The monoisotopic (exact) mass is 354 g/mol. The number of imide groups is 2. The Morgan fingerprint density at radius 3 is 2.12 bits per heavy atom. The first-order chi connectivity index (χ1) is 12.5. The first-order valence-corrected chi connectivity index (χ1v) is 8.41. The fourth-order valence-electron chi connectivity index (χ4n) is 2.66. The average molecular weight is 354 g/mol. The Labute approximate surface area is 153 Å². The summed E-state index contributed by atoms with van der Waals surface area (Å²) in [6, 6.07) is 6.51. The number of amides is 4. The Bertz CT molecular complexity index is 823. The summed E-state index contributed by atoms with van der Waals surface area (Å²) in [6.07, 6.45) is 5.19. The molecule has 0 aromatic heterocycles. The summed E-state index contributed by atoms with van der Waals surface area (Å²) in [4.78, 5) is 38.9. The maximum Gasteiger partial charge on any atom is 0.333 e. The lowest BCUT2D eigenvalue weighted by Crippen LogP contribution is -2.53. The predicted octanol–water partition coefficient (Wildman–Crippen LogP) is 3.37. The molecule has 1 aromatic carbocycles. The molecule has 6 nitrogen and oxygen atoms in total. The van der Waals surface area contributed by atoms with Crippen LogP contribution in [0.5, 0.6) is 5.75 Å². The van der Waals surface area contributed by atoms with Crippen LogP contribution in [0.1, 0.15) is 26.3 Å². The highest BCUT2D eigenvalue weighted by molar-refractivity contribution is 6.32. The highest BCUT2D eigenvalue weighted by Gasteiger charge is 2.40. The zero-order valence-electron chi connectivity index (χ0n) is 15.6. The second-order valence-electron chi connectivity index (χ2n) is 5.44. The fraction of sp³-hybridized carbons (Fsp3) is 0.250. The smallest absolute Gasteiger partial charge is 0.333 e. The van der Waals surface area contributed by atoms with Crippen LogP contribution in [0.3, 0.4) is 0 Å². The number of fused-ring (bicyclic) bond motifs is 1. The normalized spacial score (nSPS) is 17.0. The van der Waals surface area contributed by atoms with Gasteiger partial charge < -0.3 is 4.74 Å². The molecule has 0 atom stereocenters. The summed E-state index contributed by atoms with van der Waals surface area (Å²) in [5.41, 5.74) is 1.04. The molecule has 3 rings (SSSR count). The largest absolute Gasteiger partial charge is 0.457 e. The molecule has 0 spiro atoms. The van der Waals surface area contributed by atoms with E-state index in [1.807, 2.05) is 26.8 Å². The molecule has 0 N–H and O–H groups in total. The topological polar surface area (TPSA) is 66.9 Å². The number of likely N-dealkylation sites (N-methyl/N-ethyl adjacent to an activating group) is 2. The van der Waals surface area contributed by atoms with Crippen LogP contribution < -0.4 is 4.74 Å². The van der Waals surface area contributed by atoms with Gasteiger partial charge in [0.2, 0.25) is 0 Å². The van der Waals surface area contributed by atoms with E-state index in [0.717, 1.165) is 9.80 Å². The summed E-state index contributed by atoms with van der Waals surface area (Å²) >= 11 is 0. The first-order valence-electron chi connectivity index (χ1n) is 8.41. The van der Waals surface area contributed by atoms with Crippen molar-refractivity contribution >= 4 is 23.4 Å². The lowest BCUT2D eigenvalue weighted by Gasteiger charge is -2.31. The van der Waals surface area contributed by atoms with E-state index in [-0.39, 0.29) is 5.57 Å². The number of carbonyl (C=O) groups excluding carboxylic acids is 3. The van der Waals surface area contributed by atoms with Gasteiger partial charge in [0.1, 0.15) is 17.1 Å². The van der Waals surface area contributed by atoms with E-state index in [1.165, 1.54) is 14.1 Å². The van der Waals surface area contributed by atoms with Crippen LogP contribution in [-0.2, 0) is 9.59 Å². The minimum Gasteiger partial charge on any atom is -0.457 e. The third kappa shape index (κ3) is 3.18. The van der Waals surface area contributed by atoms with Gasteiger partial charge in [-0.15, -0.1) is 0 Å². The molecule has 2 heterocycles. The van der Waals surface area contributed by atoms with E-state index in [0.29, 0.717) is 22.6 Å². The van der Waals surface area contributed by atoms with E-state index < -0.39 is 17.8 Å². The molecule has 1 fully saturated rings. The first kappa shape index (κ1) is 19.2. The summed E-state index contributed by atoms with van der Waals surface area (Å²) in [7, 11) is 2.71. The van der Waals surface area contributed by atoms with Gasteiger partial charge in [-0.05, 0) is 25.1 Å². The molecule has 0 radical (unpaired) electrons. The van der Waals surface area contributed by atoms with Gasteiger partial charge in [-0.2, -0.15) is 0 Å². The fourth-order valence-corrected chi connectivity index (χ4v) is 2.66. The summed E-state index contributed by atoms with van der Waals surface area (Å²) in [6.45, 7) is 5.84. The van der Waals surface area contributed by atoms with Crippen molar-refractivity contribution in [2.75, 3.05) is 14.1 Å². The molecule has 0 saturated carbocycles. The van der Waals surface area contributed by atoms with Crippen molar-refractivity contribution in [2.24, 2.45) is 0 Å². The van der Waals surface area contributed by atoms with Crippen molar-refractivity contribution in [3.8, 4) is 5.75 Å². The molecular weight excluding hydrogens is 332 g/mol. The van der Waals surface area contributed by atoms with Crippen LogP contribution in [-0.4, -0.2) is 41.7 Å². The minimum absolute atomic E-state index is 0.0441. The molecule has 0 aliphatic carbocycles. The van der Waals surface area contributed by atoms with Gasteiger partial charge in [0.05, 0.1) is 0 Å². The van der Waals surface area contributed by atoms with Crippen LogP contribution in [0.4, 0.5) is 4.79 Å². The quantitative estimate of drug-likeness (QED) is 0.573. The van der Waals surface area contributed by atoms with E-state index in [4.69, 9.17) is 4.74 Å². The Hall–Kier alpha value is -3.15. The Balaban J connectivity index is 0.00000117. The molecule has 0 bridgehead atoms. The number of benzene rings is 1. The highest BCUT2D eigenvalue weighted by atomic mass is 16.5. The van der Waals surface area contributed by atoms with Crippen LogP contribution >= 0.6 is 0 Å². The highest BCUT2D eigenvalue weighted by Crippen LogP contribution is 2.37. The van der Waals surface area contributed by atoms with E-state index in [9.17, 15) is 14.4 Å². The minimum atomic E-state index is -0.646. The zero-order valence-corrected chi connectivity index (χ0v) is 15.6. The lowest BCUT2D eigenvalue weighted by molar-refractivity contribution is -0.134. The van der Waals surface area contributed by atoms with Crippen LogP contribution in [0, 0.1) is 0 Å². The molecule has 6 heteroatoms. The Morgan fingerprint density at radius 2 is 1.54 bits per heavy atom. The number of ether oxygens (including phenoxy) is 1. The number of hydrogen-bond donors (Lipinski definition) is 0. The number of carbonyl (C=O) groups is 3. The molecule has 2 aliphatic heterocycles. The molecule has 136 valence electrons. The Kier molecular flexibility index (Phi) is 5.77. The van der Waals surface area contributed by atoms with Crippen molar-refractivity contribution in [2.45, 2.75) is 20.8 Å². The van der Waals surface area contributed by atoms with E-state index in [1.54, 1.807) is 36.4 Å². The van der Waals surface area contributed by atoms with Crippen LogP contribution in [0.25, 0.3) is 5.57 Å². The van der Waals surface area contributed by atoms with E-state index in [2.05, 4.69) is 0 Å². The molecule has 2 aliphatic rings.